The molecule has 2 fully saturated rings. The van der Waals surface area contributed by atoms with Crippen LogP contribution in [0.25, 0.3) is 0 Å². The van der Waals surface area contributed by atoms with Crippen molar-refractivity contribution >= 4 is 23.2 Å². The highest BCUT2D eigenvalue weighted by Gasteiger charge is 2.28. The Morgan fingerprint density at radius 3 is 2.59 bits per heavy atom. The molecule has 3 aromatic rings. The fourth-order valence-corrected chi connectivity index (χ4v) is 5.34. The number of carbonyl (C=O) groups is 2. The summed E-state index contributed by atoms with van der Waals surface area (Å²) in [5.74, 6) is 0.955. The molecule has 11 heteroatoms. The summed E-state index contributed by atoms with van der Waals surface area (Å²) in [7, 11) is 1.80. The largest absolute Gasteiger partial charge is 0.598 e. The zero-order chi connectivity index (χ0) is 27.5. The Bertz CT molecular complexity index is 1330. The van der Waals surface area contributed by atoms with Crippen LogP contribution >= 0.6 is 0 Å². The van der Waals surface area contributed by atoms with Crippen molar-refractivity contribution in [2.75, 3.05) is 32.4 Å². The van der Waals surface area contributed by atoms with E-state index in [1.165, 1.54) is 0 Å². The van der Waals surface area contributed by atoms with Crippen molar-refractivity contribution in [3.8, 4) is 5.75 Å². The molecule has 1 aromatic carbocycles. The number of pyridine rings is 1. The van der Waals surface area contributed by atoms with Crippen LogP contribution in [0, 0.1) is 6.92 Å². The fraction of sp³-hybridized carbons (Fsp3) is 0.429. The minimum Gasteiger partial charge on any atom is -0.598 e. The summed E-state index contributed by atoms with van der Waals surface area (Å²) >= 11 is -1.02. The molecule has 0 radical (unpaired) electrons. The molecule has 2 aliphatic rings. The van der Waals surface area contributed by atoms with Gasteiger partial charge in [-0.25, -0.2) is 0 Å². The second-order valence-electron chi connectivity index (χ2n) is 10.1. The van der Waals surface area contributed by atoms with Gasteiger partial charge in [-0.3, -0.25) is 19.3 Å². The highest BCUT2D eigenvalue weighted by Crippen LogP contribution is 2.39. The summed E-state index contributed by atoms with van der Waals surface area (Å²) in [5, 5.41) is 7.48. The van der Waals surface area contributed by atoms with Crippen molar-refractivity contribution in [3.05, 3.63) is 76.4 Å². The first kappa shape index (κ1) is 27.2. The summed E-state index contributed by atoms with van der Waals surface area (Å²) in [4.78, 5) is 31.7. The number of piperazine rings is 1. The molecule has 1 unspecified atom stereocenters. The number of rotatable bonds is 9. The minimum absolute atomic E-state index is 0.121. The molecule has 206 valence electrons. The van der Waals surface area contributed by atoms with Gasteiger partial charge in [0.25, 0.3) is 11.8 Å². The van der Waals surface area contributed by atoms with Gasteiger partial charge in [0.15, 0.2) is 0 Å². The van der Waals surface area contributed by atoms with Crippen LogP contribution < -0.4 is 10.1 Å². The van der Waals surface area contributed by atoms with Crippen LogP contribution in [0.2, 0.25) is 0 Å². The second kappa shape index (κ2) is 11.8. The molecular formula is C28H34N6O4S. The Hall–Kier alpha value is -3.41. The molecule has 0 spiro atoms. The van der Waals surface area contributed by atoms with E-state index in [1.54, 1.807) is 35.1 Å². The zero-order valence-electron chi connectivity index (χ0n) is 22.6. The minimum atomic E-state index is -1.02. The zero-order valence-corrected chi connectivity index (χ0v) is 23.4. The standard InChI is InChI=1S/C28H34N6O4S/c1-19-22(17-30-27(35)25-15-24(21-8-9-21)31-32(25)2)5-4-6-26(19)38-18-20-7-10-23(29-16-20)28(36)33-11-13-34(14-12-33)39(3)37/h4-7,10,15-16,21H,8-9,11-14,17-18H2,1-3H3,(H,30,35). The number of aromatic nitrogens is 3. The van der Waals surface area contributed by atoms with Gasteiger partial charge in [-0.2, -0.15) is 5.10 Å². The van der Waals surface area contributed by atoms with Crippen LogP contribution in [0.15, 0.2) is 42.6 Å². The lowest BCUT2D eigenvalue weighted by Crippen LogP contribution is -2.50. The number of hydrogen-bond donors (Lipinski definition) is 1. The molecule has 2 aromatic heterocycles. The lowest BCUT2D eigenvalue weighted by atomic mass is 10.1. The summed E-state index contributed by atoms with van der Waals surface area (Å²) in [6.07, 6.45) is 5.60. The molecule has 2 amide bonds. The van der Waals surface area contributed by atoms with Crippen LogP contribution in [-0.2, 0) is 31.6 Å². The third-order valence-electron chi connectivity index (χ3n) is 7.29. The number of aryl methyl sites for hydroxylation is 1. The smallest absolute Gasteiger partial charge is 0.272 e. The normalized spacial score (nSPS) is 16.7. The Balaban J connectivity index is 1.14. The quantitative estimate of drug-likeness (QED) is 0.407. The van der Waals surface area contributed by atoms with E-state index in [0.29, 0.717) is 56.6 Å². The molecule has 3 heterocycles. The van der Waals surface area contributed by atoms with E-state index in [-0.39, 0.29) is 11.8 Å². The van der Waals surface area contributed by atoms with Crippen molar-refractivity contribution in [2.24, 2.45) is 7.05 Å². The van der Waals surface area contributed by atoms with Gasteiger partial charge in [-0.15, -0.1) is 4.31 Å². The highest BCUT2D eigenvalue weighted by molar-refractivity contribution is 7.88. The van der Waals surface area contributed by atoms with Crippen LogP contribution in [0.5, 0.6) is 5.75 Å². The maximum atomic E-state index is 12.8. The first-order chi connectivity index (χ1) is 18.8. The highest BCUT2D eigenvalue weighted by atomic mass is 32.2. The third kappa shape index (κ3) is 6.43. The van der Waals surface area contributed by atoms with Crippen molar-refractivity contribution in [2.45, 2.75) is 38.8 Å². The third-order valence-corrected chi connectivity index (χ3v) is 8.38. The van der Waals surface area contributed by atoms with E-state index in [2.05, 4.69) is 15.4 Å². The molecule has 1 aliphatic heterocycles. The monoisotopic (exact) mass is 550 g/mol. The van der Waals surface area contributed by atoms with Gasteiger partial charge in [0.05, 0.1) is 18.8 Å². The number of carbonyl (C=O) groups excluding carboxylic acids is 2. The maximum absolute atomic E-state index is 12.8. The predicted octanol–water partition coefficient (Wildman–Crippen LogP) is 2.56. The molecule has 0 bridgehead atoms. The Kier molecular flexibility index (Phi) is 8.20. The summed E-state index contributed by atoms with van der Waals surface area (Å²) in [6.45, 7) is 4.90. The molecular weight excluding hydrogens is 516 g/mol. The summed E-state index contributed by atoms with van der Waals surface area (Å²) < 4.78 is 21.2. The molecule has 1 N–H and O–H groups in total. The number of nitrogens with zero attached hydrogens (tertiary/aromatic N) is 5. The van der Waals surface area contributed by atoms with E-state index in [0.717, 1.165) is 41.0 Å². The fourth-order valence-electron chi connectivity index (χ4n) is 4.66. The molecule has 10 nitrogen and oxygen atoms in total. The number of amides is 2. The van der Waals surface area contributed by atoms with E-state index < -0.39 is 11.4 Å². The van der Waals surface area contributed by atoms with Crippen LogP contribution in [0.1, 0.15) is 62.1 Å². The van der Waals surface area contributed by atoms with Crippen LogP contribution in [-0.4, -0.2) is 72.8 Å². The first-order valence-corrected chi connectivity index (χ1v) is 14.7. The van der Waals surface area contributed by atoms with E-state index in [1.807, 2.05) is 41.6 Å². The average Bonchev–Trinajstić information content (AvgIpc) is 3.72. The van der Waals surface area contributed by atoms with Gasteiger partial charge >= 0.3 is 0 Å². The van der Waals surface area contributed by atoms with Crippen molar-refractivity contribution in [1.82, 2.24) is 29.3 Å². The number of ether oxygens (including phenoxy) is 1. The molecule has 5 rings (SSSR count). The summed E-state index contributed by atoms with van der Waals surface area (Å²) in [5.41, 5.74) is 4.71. The van der Waals surface area contributed by atoms with Gasteiger partial charge in [-0.05, 0) is 49.1 Å². The molecule has 1 saturated carbocycles. The number of hydrogen-bond acceptors (Lipinski definition) is 7. The number of nitrogens with one attached hydrogen (secondary N) is 1. The SMILES string of the molecule is Cc1c(CNC(=O)c2cc(C3CC3)nn2C)cccc1OCc1ccc(C(=O)N2CCN([S+](C)[O-])CC2)nc1. The lowest BCUT2D eigenvalue weighted by Gasteiger charge is -2.33. The van der Waals surface area contributed by atoms with Gasteiger partial charge in [0, 0.05) is 55.7 Å². The van der Waals surface area contributed by atoms with Gasteiger partial charge in [-0.1, -0.05) is 18.2 Å². The van der Waals surface area contributed by atoms with Gasteiger partial charge in [0.1, 0.15) is 30.0 Å². The van der Waals surface area contributed by atoms with Crippen molar-refractivity contribution < 1.29 is 18.9 Å². The second-order valence-corrected chi connectivity index (χ2v) is 11.4. The topological polar surface area (TPSA) is 116 Å². The predicted molar refractivity (Wildman–Crippen MR) is 148 cm³/mol. The van der Waals surface area contributed by atoms with Crippen molar-refractivity contribution in [1.29, 1.82) is 0 Å². The molecule has 1 aliphatic carbocycles. The van der Waals surface area contributed by atoms with Gasteiger partial charge < -0.3 is 19.5 Å². The van der Waals surface area contributed by atoms with Gasteiger partial charge in [0.2, 0.25) is 0 Å². The lowest BCUT2D eigenvalue weighted by molar-refractivity contribution is 0.0692. The summed E-state index contributed by atoms with van der Waals surface area (Å²) in [6, 6.07) is 11.2. The Morgan fingerprint density at radius 1 is 1.15 bits per heavy atom. The van der Waals surface area contributed by atoms with Crippen LogP contribution in [0.3, 0.4) is 0 Å². The maximum Gasteiger partial charge on any atom is 0.272 e. The Morgan fingerprint density at radius 2 is 1.92 bits per heavy atom. The van der Waals surface area contributed by atoms with Crippen LogP contribution in [0.4, 0.5) is 0 Å². The number of benzene rings is 1. The van der Waals surface area contributed by atoms with E-state index >= 15 is 0 Å². The average molecular weight is 551 g/mol. The Labute approximate surface area is 231 Å². The molecule has 1 saturated heterocycles. The molecule has 1 atom stereocenters. The van der Waals surface area contributed by atoms with Crippen molar-refractivity contribution in [3.63, 3.8) is 0 Å². The molecule has 39 heavy (non-hydrogen) atoms. The van der Waals surface area contributed by atoms with E-state index in [9.17, 15) is 14.1 Å². The van der Waals surface area contributed by atoms with E-state index in [4.69, 9.17) is 4.74 Å². The first-order valence-electron chi connectivity index (χ1n) is 13.2.